The third-order valence-electron chi connectivity index (χ3n) is 3.25. The molecule has 0 unspecified atom stereocenters. The van der Waals surface area contributed by atoms with E-state index in [-0.39, 0.29) is 32.7 Å². The number of hydrogen-bond donors (Lipinski definition) is 3. The molecule has 0 aromatic carbocycles. The number of hydrogen-bond acceptors (Lipinski definition) is 3. The van der Waals surface area contributed by atoms with Crippen LogP contribution in [0.15, 0.2) is 0 Å². The van der Waals surface area contributed by atoms with Crippen molar-refractivity contribution in [2.24, 2.45) is 23.5 Å². The molecule has 5 heteroatoms. The van der Waals surface area contributed by atoms with Crippen molar-refractivity contribution < 1.29 is 19.8 Å². The van der Waals surface area contributed by atoms with E-state index in [1.165, 1.54) is 0 Å². The summed E-state index contributed by atoms with van der Waals surface area (Å²) in [5.74, 6) is -0.846. The van der Waals surface area contributed by atoms with Crippen LogP contribution in [-0.2, 0) is 9.59 Å². The molecule has 2 rings (SSSR count). The molecule has 4 N–H and O–H groups in total. The second-order valence-corrected chi connectivity index (χ2v) is 4.88. The Hall–Kier alpha value is -1.10. The molecule has 2 fully saturated rings. The largest absolute Gasteiger partial charge is 0.481 e. The molecule has 18 heavy (non-hydrogen) atoms. The monoisotopic (exact) mass is 261 g/mol. The molecule has 0 atom stereocenters. The molecular weight excluding hydrogens is 234 g/mol. The molecule has 0 bridgehead atoms. The highest BCUT2D eigenvalue weighted by molar-refractivity contribution is 5.71. The van der Waals surface area contributed by atoms with Crippen molar-refractivity contribution in [1.82, 2.24) is 0 Å². The van der Waals surface area contributed by atoms with Gasteiger partial charge >= 0.3 is 11.9 Å². The molecule has 0 amide bonds. The lowest BCUT2D eigenvalue weighted by atomic mass is 9.76. The van der Waals surface area contributed by atoms with Crippen molar-refractivity contribution in [2.45, 2.75) is 53.5 Å². The Morgan fingerprint density at radius 3 is 1.39 bits per heavy atom. The molecule has 0 radical (unpaired) electrons. The van der Waals surface area contributed by atoms with Gasteiger partial charge in [-0.25, -0.2) is 0 Å². The zero-order valence-electron chi connectivity index (χ0n) is 9.43. The SMILES string of the molecule is C.C.CC1CC(C(=O)O)C1.NC1CC(C(=O)O)C1. The van der Waals surface area contributed by atoms with Crippen LogP contribution in [0.25, 0.3) is 0 Å². The standard InChI is InChI=1S/C6H10O2.C5H9NO2.2CH4/c1-4-2-5(3-4)6(7)8;6-4-1-3(2-4)5(7)8;;/h4-5H,2-3H2,1H3,(H,7,8);3-4H,1-2,6H2,(H,7,8);2*1H4. The fraction of sp³-hybridized carbons (Fsp3) is 0.846. The molecular formula is C13H27NO4. The van der Waals surface area contributed by atoms with Gasteiger partial charge < -0.3 is 15.9 Å². The molecule has 0 aliphatic heterocycles. The quantitative estimate of drug-likeness (QED) is 0.707. The smallest absolute Gasteiger partial charge is 0.306 e. The molecule has 0 aromatic rings. The Morgan fingerprint density at radius 2 is 1.28 bits per heavy atom. The predicted molar refractivity (Wildman–Crippen MR) is 71.3 cm³/mol. The average Bonchev–Trinajstić information content (AvgIpc) is 2.08. The van der Waals surface area contributed by atoms with Gasteiger partial charge in [0, 0.05) is 6.04 Å². The topological polar surface area (TPSA) is 101 Å². The maximum Gasteiger partial charge on any atom is 0.306 e. The lowest BCUT2D eigenvalue weighted by molar-refractivity contribution is -0.146. The summed E-state index contributed by atoms with van der Waals surface area (Å²) in [6.45, 7) is 2.08. The van der Waals surface area contributed by atoms with Crippen molar-refractivity contribution in [3.05, 3.63) is 0 Å². The Balaban J connectivity index is 0. The third-order valence-corrected chi connectivity index (χ3v) is 3.25. The van der Waals surface area contributed by atoms with Crippen molar-refractivity contribution in [1.29, 1.82) is 0 Å². The van der Waals surface area contributed by atoms with Crippen LogP contribution >= 0.6 is 0 Å². The summed E-state index contributed by atoms with van der Waals surface area (Å²) in [7, 11) is 0. The fourth-order valence-corrected chi connectivity index (χ4v) is 1.97. The number of carboxylic acid groups (broad SMARTS) is 2. The van der Waals surface area contributed by atoms with Crippen molar-refractivity contribution >= 4 is 11.9 Å². The third kappa shape index (κ3) is 5.49. The average molecular weight is 261 g/mol. The van der Waals surface area contributed by atoms with Crippen LogP contribution < -0.4 is 5.73 Å². The van der Waals surface area contributed by atoms with E-state index < -0.39 is 11.9 Å². The molecule has 2 saturated carbocycles. The summed E-state index contributed by atoms with van der Waals surface area (Å²) in [5, 5.41) is 16.6. The molecule has 5 nitrogen and oxygen atoms in total. The summed E-state index contributed by atoms with van der Waals surface area (Å²) in [5.41, 5.74) is 5.34. The lowest BCUT2D eigenvalue weighted by Crippen LogP contribution is -2.40. The zero-order chi connectivity index (χ0) is 12.3. The Labute approximate surface area is 109 Å². The summed E-state index contributed by atoms with van der Waals surface area (Å²) >= 11 is 0. The number of aliphatic carboxylic acids is 2. The molecule has 0 saturated heterocycles. The van der Waals surface area contributed by atoms with E-state index in [2.05, 4.69) is 6.92 Å². The first-order valence-corrected chi connectivity index (χ1v) is 5.61. The van der Waals surface area contributed by atoms with Crippen LogP contribution in [0.2, 0.25) is 0 Å². The highest BCUT2D eigenvalue weighted by Gasteiger charge is 2.31. The molecule has 0 spiro atoms. The fourth-order valence-electron chi connectivity index (χ4n) is 1.97. The van der Waals surface area contributed by atoms with Gasteiger partial charge in [0.15, 0.2) is 0 Å². The second-order valence-electron chi connectivity index (χ2n) is 4.88. The van der Waals surface area contributed by atoms with Gasteiger partial charge in [0.1, 0.15) is 0 Å². The molecule has 0 heterocycles. The zero-order valence-corrected chi connectivity index (χ0v) is 9.43. The Bertz CT molecular complexity index is 240. The normalized spacial score (nSPS) is 32.1. The number of carbonyl (C=O) groups is 2. The van der Waals surface area contributed by atoms with Gasteiger partial charge in [0.2, 0.25) is 0 Å². The minimum atomic E-state index is -0.702. The molecule has 0 aromatic heterocycles. The van der Waals surface area contributed by atoms with E-state index >= 15 is 0 Å². The minimum absolute atomic E-state index is 0. The predicted octanol–water partition coefficient (Wildman–Crippen LogP) is 2.20. The van der Waals surface area contributed by atoms with Crippen LogP contribution in [0, 0.1) is 17.8 Å². The van der Waals surface area contributed by atoms with E-state index in [1.807, 2.05) is 0 Å². The molecule has 108 valence electrons. The van der Waals surface area contributed by atoms with Gasteiger partial charge in [-0.3, -0.25) is 9.59 Å². The van der Waals surface area contributed by atoms with E-state index in [0.717, 1.165) is 12.8 Å². The van der Waals surface area contributed by atoms with Crippen LogP contribution in [0.3, 0.4) is 0 Å². The van der Waals surface area contributed by atoms with Crippen LogP contribution in [-0.4, -0.2) is 28.2 Å². The summed E-state index contributed by atoms with van der Waals surface area (Å²) in [6, 6.07) is 0.149. The van der Waals surface area contributed by atoms with E-state index in [0.29, 0.717) is 18.8 Å². The number of carboxylic acids is 2. The Morgan fingerprint density at radius 1 is 0.944 bits per heavy atom. The van der Waals surface area contributed by atoms with Gasteiger partial charge in [-0.15, -0.1) is 0 Å². The van der Waals surface area contributed by atoms with Gasteiger partial charge in [-0.05, 0) is 31.6 Å². The van der Waals surface area contributed by atoms with Gasteiger partial charge in [-0.1, -0.05) is 21.8 Å². The first kappa shape index (κ1) is 19.2. The summed E-state index contributed by atoms with van der Waals surface area (Å²) in [6.07, 6.45) is 3.09. The summed E-state index contributed by atoms with van der Waals surface area (Å²) in [4.78, 5) is 20.2. The van der Waals surface area contributed by atoms with Gasteiger partial charge in [-0.2, -0.15) is 0 Å². The van der Waals surface area contributed by atoms with Crippen LogP contribution in [0.1, 0.15) is 47.5 Å². The molecule has 2 aliphatic rings. The van der Waals surface area contributed by atoms with Gasteiger partial charge in [0.25, 0.3) is 0 Å². The van der Waals surface area contributed by atoms with Crippen molar-refractivity contribution in [3.8, 4) is 0 Å². The maximum atomic E-state index is 10.1. The minimum Gasteiger partial charge on any atom is -0.481 e. The number of rotatable bonds is 2. The summed E-state index contributed by atoms with van der Waals surface area (Å²) < 4.78 is 0. The van der Waals surface area contributed by atoms with Crippen molar-refractivity contribution in [3.63, 3.8) is 0 Å². The van der Waals surface area contributed by atoms with Crippen molar-refractivity contribution in [2.75, 3.05) is 0 Å². The van der Waals surface area contributed by atoms with E-state index in [9.17, 15) is 9.59 Å². The van der Waals surface area contributed by atoms with Gasteiger partial charge in [0.05, 0.1) is 11.8 Å². The maximum absolute atomic E-state index is 10.1. The Kier molecular flexibility index (Phi) is 8.64. The molecule has 2 aliphatic carbocycles. The van der Waals surface area contributed by atoms with E-state index in [4.69, 9.17) is 15.9 Å². The number of nitrogens with two attached hydrogens (primary N) is 1. The van der Waals surface area contributed by atoms with Crippen LogP contribution in [0.4, 0.5) is 0 Å². The van der Waals surface area contributed by atoms with Crippen LogP contribution in [0.5, 0.6) is 0 Å². The first-order valence-electron chi connectivity index (χ1n) is 5.61. The first-order chi connectivity index (χ1) is 7.40. The lowest BCUT2D eigenvalue weighted by Gasteiger charge is -2.28. The highest BCUT2D eigenvalue weighted by Crippen LogP contribution is 2.32. The highest BCUT2D eigenvalue weighted by atomic mass is 16.4. The van der Waals surface area contributed by atoms with E-state index in [1.54, 1.807) is 0 Å². The second kappa shape index (κ2) is 8.08.